The molecule has 3 rings (SSSR count). The van der Waals surface area contributed by atoms with Crippen LogP contribution in [0.2, 0.25) is 10.0 Å². The standard InChI is InChI=1S/C16H15Cl2N3/c1-19-7-12-10-21(9-11-4-5-20-8-15(11)18)16-6-13(17)2-3-14(12)16/h2-6,8,10,19H,7,9H2,1H3. The zero-order chi connectivity index (χ0) is 14.8. The van der Waals surface area contributed by atoms with E-state index >= 15 is 0 Å². The lowest BCUT2D eigenvalue weighted by atomic mass is 10.2. The van der Waals surface area contributed by atoms with Crippen LogP contribution in [-0.4, -0.2) is 16.6 Å². The molecule has 0 spiro atoms. The summed E-state index contributed by atoms with van der Waals surface area (Å²) in [5.41, 5.74) is 3.40. The maximum absolute atomic E-state index is 6.21. The Kier molecular flexibility index (Phi) is 4.15. The lowest BCUT2D eigenvalue weighted by molar-refractivity contribution is 0.795. The molecule has 5 heteroatoms. The first kappa shape index (κ1) is 14.4. The molecule has 0 atom stereocenters. The quantitative estimate of drug-likeness (QED) is 0.784. The molecule has 0 saturated carbocycles. The summed E-state index contributed by atoms with van der Waals surface area (Å²) < 4.78 is 2.18. The van der Waals surface area contributed by atoms with Crippen LogP contribution in [0.1, 0.15) is 11.1 Å². The predicted molar refractivity (Wildman–Crippen MR) is 88.1 cm³/mol. The Bertz CT molecular complexity index is 780. The zero-order valence-electron chi connectivity index (χ0n) is 11.6. The molecular formula is C16H15Cl2N3. The van der Waals surface area contributed by atoms with E-state index in [1.165, 1.54) is 10.9 Å². The van der Waals surface area contributed by atoms with Crippen molar-refractivity contribution in [1.82, 2.24) is 14.9 Å². The molecular weight excluding hydrogens is 305 g/mol. The maximum Gasteiger partial charge on any atom is 0.0639 e. The molecule has 0 amide bonds. The third-order valence-corrected chi connectivity index (χ3v) is 4.07. The van der Waals surface area contributed by atoms with Gasteiger partial charge in [-0.25, -0.2) is 0 Å². The van der Waals surface area contributed by atoms with Crippen LogP contribution in [-0.2, 0) is 13.1 Å². The number of fused-ring (bicyclic) bond motifs is 1. The molecule has 2 heterocycles. The number of hydrogen-bond donors (Lipinski definition) is 1. The number of nitrogens with one attached hydrogen (secondary N) is 1. The van der Waals surface area contributed by atoms with Crippen molar-refractivity contribution < 1.29 is 0 Å². The molecule has 2 aromatic heterocycles. The van der Waals surface area contributed by atoms with Crippen LogP contribution in [0.25, 0.3) is 10.9 Å². The summed E-state index contributed by atoms with van der Waals surface area (Å²) in [5, 5.41) is 5.82. The van der Waals surface area contributed by atoms with E-state index in [9.17, 15) is 0 Å². The Labute approximate surface area is 133 Å². The fraction of sp³-hybridized carbons (Fsp3) is 0.188. The maximum atomic E-state index is 6.21. The van der Waals surface area contributed by atoms with Crippen LogP contribution in [0.4, 0.5) is 0 Å². The summed E-state index contributed by atoms with van der Waals surface area (Å²) in [4.78, 5) is 4.03. The van der Waals surface area contributed by atoms with Crippen LogP contribution in [0.5, 0.6) is 0 Å². The van der Waals surface area contributed by atoms with Gasteiger partial charge in [0.25, 0.3) is 0 Å². The monoisotopic (exact) mass is 319 g/mol. The lowest BCUT2D eigenvalue weighted by Crippen LogP contribution is -2.04. The van der Waals surface area contributed by atoms with Gasteiger partial charge in [-0.05, 0) is 36.4 Å². The number of hydrogen-bond acceptors (Lipinski definition) is 2. The minimum Gasteiger partial charge on any atom is -0.343 e. The van der Waals surface area contributed by atoms with E-state index in [4.69, 9.17) is 23.2 Å². The molecule has 0 aliphatic carbocycles. The molecule has 0 unspecified atom stereocenters. The second kappa shape index (κ2) is 6.06. The highest BCUT2D eigenvalue weighted by Crippen LogP contribution is 2.26. The predicted octanol–water partition coefficient (Wildman–Crippen LogP) is 4.11. The summed E-state index contributed by atoms with van der Waals surface area (Å²) in [6.07, 6.45) is 5.58. The Morgan fingerprint density at radius 3 is 2.81 bits per heavy atom. The molecule has 3 nitrogen and oxygen atoms in total. The Morgan fingerprint density at radius 2 is 2.05 bits per heavy atom. The molecule has 0 radical (unpaired) electrons. The highest BCUT2D eigenvalue weighted by molar-refractivity contribution is 6.31. The molecule has 0 bridgehead atoms. The number of pyridine rings is 1. The van der Waals surface area contributed by atoms with Crippen molar-refractivity contribution in [3.8, 4) is 0 Å². The van der Waals surface area contributed by atoms with E-state index in [2.05, 4.69) is 27.1 Å². The van der Waals surface area contributed by atoms with Crippen LogP contribution < -0.4 is 5.32 Å². The molecule has 108 valence electrons. The highest BCUT2D eigenvalue weighted by atomic mass is 35.5. The number of nitrogens with zero attached hydrogens (tertiary/aromatic N) is 2. The molecule has 0 aliphatic heterocycles. The van der Waals surface area contributed by atoms with E-state index in [0.29, 0.717) is 11.6 Å². The van der Waals surface area contributed by atoms with Crippen molar-refractivity contribution in [2.24, 2.45) is 0 Å². The van der Waals surface area contributed by atoms with E-state index in [0.717, 1.165) is 22.6 Å². The van der Waals surface area contributed by atoms with Crippen molar-refractivity contribution in [3.63, 3.8) is 0 Å². The molecule has 1 aromatic carbocycles. The van der Waals surface area contributed by atoms with Gasteiger partial charge in [0.15, 0.2) is 0 Å². The third-order valence-electron chi connectivity index (χ3n) is 3.49. The smallest absolute Gasteiger partial charge is 0.0639 e. The second-order valence-electron chi connectivity index (χ2n) is 4.94. The molecule has 3 aromatic rings. The molecule has 1 N–H and O–H groups in total. The average molecular weight is 320 g/mol. The van der Waals surface area contributed by atoms with Gasteiger partial charge in [0.2, 0.25) is 0 Å². The molecule has 21 heavy (non-hydrogen) atoms. The first-order chi connectivity index (χ1) is 10.2. The van der Waals surface area contributed by atoms with Gasteiger partial charge in [-0.1, -0.05) is 29.3 Å². The van der Waals surface area contributed by atoms with Crippen molar-refractivity contribution >= 4 is 34.1 Å². The SMILES string of the molecule is CNCc1cn(Cc2ccncc2Cl)c2cc(Cl)ccc12. The number of benzene rings is 1. The van der Waals surface area contributed by atoms with Gasteiger partial charge in [-0.2, -0.15) is 0 Å². The van der Waals surface area contributed by atoms with Gasteiger partial charge < -0.3 is 9.88 Å². The van der Waals surface area contributed by atoms with Gasteiger partial charge in [0.1, 0.15) is 0 Å². The zero-order valence-corrected chi connectivity index (χ0v) is 13.1. The van der Waals surface area contributed by atoms with Gasteiger partial charge in [-0.3, -0.25) is 4.98 Å². The van der Waals surface area contributed by atoms with E-state index in [1.54, 1.807) is 12.4 Å². The van der Waals surface area contributed by atoms with Crippen LogP contribution in [0.15, 0.2) is 42.9 Å². The Morgan fingerprint density at radius 1 is 1.19 bits per heavy atom. The fourth-order valence-electron chi connectivity index (χ4n) is 2.52. The average Bonchev–Trinajstić information content (AvgIpc) is 2.79. The van der Waals surface area contributed by atoms with Crippen molar-refractivity contribution in [2.45, 2.75) is 13.1 Å². The third kappa shape index (κ3) is 2.91. The first-order valence-electron chi connectivity index (χ1n) is 6.69. The number of halogens is 2. The minimum atomic E-state index is 0.677. The van der Waals surface area contributed by atoms with Gasteiger partial charge >= 0.3 is 0 Å². The van der Waals surface area contributed by atoms with Crippen LogP contribution >= 0.6 is 23.2 Å². The largest absolute Gasteiger partial charge is 0.343 e. The molecule has 0 aliphatic rings. The summed E-state index contributed by atoms with van der Waals surface area (Å²) in [6.45, 7) is 1.51. The highest BCUT2D eigenvalue weighted by Gasteiger charge is 2.10. The van der Waals surface area contributed by atoms with Crippen LogP contribution in [0.3, 0.4) is 0 Å². The Hall–Kier alpha value is -1.55. The van der Waals surface area contributed by atoms with E-state index in [-0.39, 0.29) is 0 Å². The second-order valence-corrected chi connectivity index (χ2v) is 5.78. The van der Waals surface area contributed by atoms with Crippen molar-refractivity contribution in [2.75, 3.05) is 7.05 Å². The van der Waals surface area contributed by atoms with E-state index < -0.39 is 0 Å². The summed E-state index contributed by atoms with van der Waals surface area (Å²) in [7, 11) is 1.94. The van der Waals surface area contributed by atoms with Crippen molar-refractivity contribution in [1.29, 1.82) is 0 Å². The van der Waals surface area contributed by atoms with E-state index in [1.807, 2.05) is 25.2 Å². The summed E-state index contributed by atoms with van der Waals surface area (Å²) in [6, 6.07) is 7.92. The Balaban J connectivity index is 2.09. The minimum absolute atomic E-state index is 0.677. The topological polar surface area (TPSA) is 29.9 Å². The van der Waals surface area contributed by atoms with Gasteiger partial charge in [0.05, 0.1) is 10.5 Å². The summed E-state index contributed by atoms with van der Waals surface area (Å²) >= 11 is 12.4. The lowest BCUT2D eigenvalue weighted by Gasteiger charge is -2.07. The van der Waals surface area contributed by atoms with Gasteiger partial charge in [0, 0.05) is 42.1 Å². The summed E-state index contributed by atoms with van der Waals surface area (Å²) in [5.74, 6) is 0. The van der Waals surface area contributed by atoms with Gasteiger partial charge in [-0.15, -0.1) is 0 Å². The van der Waals surface area contributed by atoms with Crippen molar-refractivity contribution in [3.05, 3.63) is 64.0 Å². The first-order valence-corrected chi connectivity index (χ1v) is 7.45. The molecule has 0 saturated heterocycles. The number of rotatable bonds is 4. The fourth-order valence-corrected chi connectivity index (χ4v) is 2.86. The van der Waals surface area contributed by atoms with Crippen LogP contribution in [0, 0.1) is 0 Å². The normalized spacial score (nSPS) is 11.2. The molecule has 0 fully saturated rings. The number of aromatic nitrogens is 2.